The molecule has 2 aromatic carbocycles. The average molecular weight is 359 g/mol. The summed E-state index contributed by atoms with van der Waals surface area (Å²) in [7, 11) is 0. The lowest BCUT2D eigenvalue weighted by atomic mass is 9.60. The van der Waals surface area contributed by atoms with Crippen molar-refractivity contribution in [2.45, 2.75) is 19.3 Å². The van der Waals surface area contributed by atoms with Gasteiger partial charge in [0.15, 0.2) is 0 Å². The highest BCUT2D eigenvalue weighted by atomic mass is 16.3. The molecule has 1 heterocycles. The zero-order valence-electron chi connectivity index (χ0n) is 15.1. The zero-order valence-corrected chi connectivity index (χ0v) is 15.1. The maximum atomic E-state index is 13.6. The van der Waals surface area contributed by atoms with Crippen LogP contribution in [0.1, 0.15) is 24.8 Å². The van der Waals surface area contributed by atoms with E-state index < -0.39 is 11.3 Å². The molecule has 0 radical (unpaired) electrons. The van der Waals surface area contributed by atoms with Gasteiger partial charge in [-0.25, -0.2) is 4.90 Å². The molecule has 4 heteroatoms. The van der Waals surface area contributed by atoms with Gasteiger partial charge in [-0.05, 0) is 48.7 Å². The van der Waals surface area contributed by atoms with Gasteiger partial charge in [0, 0.05) is 5.92 Å². The molecule has 136 valence electrons. The molecule has 2 aromatic rings. The van der Waals surface area contributed by atoms with Crippen LogP contribution in [0.25, 0.3) is 0 Å². The number of phenols is 1. The number of nitrogens with zero attached hydrogens (tertiary/aromatic N) is 1. The van der Waals surface area contributed by atoms with Crippen LogP contribution in [0.3, 0.4) is 0 Å². The summed E-state index contributed by atoms with van der Waals surface area (Å²) in [6.45, 7) is 5.78. The number of aromatic hydroxyl groups is 1. The van der Waals surface area contributed by atoms with E-state index in [1.807, 2.05) is 37.3 Å². The predicted molar refractivity (Wildman–Crippen MR) is 104 cm³/mol. The number of rotatable bonds is 3. The summed E-state index contributed by atoms with van der Waals surface area (Å²) in [5, 5.41) is 9.97. The molecule has 4 rings (SSSR count). The van der Waals surface area contributed by atoms with Crippen LogP contribution in [0.15, 0.2) is 78.9 Å². The molecule has 3 atom stereocenters. The summed E-state index contributed by atoms with van der Waals surface area (Å²) in [6, 6.07) is 16.0. The normalized spacial score (nSPS) is 27.3. The molecule has 0 saturated carbocycles. The van der Waals surface area contributed by atoms with E-state index >= 15 is 0 Å². The van der Waals surface area contributed by atoms with Crippen molar-refractivity contribution in [2.24, 2.45) is 11.3 Å². The number of hydrogen-bond donors (Lipinski definition) is 1. The summed E-state index contributed by atoms with van der Waals surface area (Å²) >= 11 is 0. The quantitative estimate of drug-likeness (QED) is 0.836. The third-order valence-electron chi connectivity index (χ3n) is 5.88. The van der Waals surface area contributed by atoms with E-state index in [2.05, 4.69) is 6.58 Å². The lowest BCUT2D eigenvalue weighted by molar-refractivity contribution is -0.127. The van der Waals surface area contributed by atoms with Crippen molar-refractivity contribution in [2.75, 3.05) is 4.90 Å². The van der Waals surface area contributed by atoms with Gasteiger partial charge in [-0.2, -0.15) is 0 Å². The van der Waals surface area contributed by atoms with Crippen molar-refractivity contribution in [1.82, 2.24) is 0 Å². The molecule has 0 unspecified atom stereocenters. The summed E-state index contributed by atoms with van der Waals surface area (Å²) in [5.74, 6) is -1.02. The summed E-state index contributed by atoms with van der Waals surface area (Å²) in [6.07, 6.45) is 4.24. The van der Waals surface area contributed by atoms with E-state index in [0.29, 0.717) is 12.1 Å². The zero-order chi connectivity index (χ0) is 19.2. The fourth-order valence-corrected chi connectivity index (χ4v) is 4.56. The number of amides is 2. The van der Waals surface area contributed by atoms with Gasteiger partial charge in [0.1, 0.15) is 5.75 Å². The van der Waals surface area contributed by atoms with Crippen molar-refractivity contribution in [3.63, 3.8) is 0 Å². The minimum absolute atomic E-state index is 0.137. The molecule has 1 aliphatic heterocycles. The van der Waals surface area contributed by atoms with Crippen LogP contribution in [0.5, 0.6) is 5.75 Å². The number of para-hydroxylation sites is 1. The molecule has 0 spiro atoms. The topological polar surface area (TPSA) is 57.6 Å². The van der Waals surface area contributed by atoms with Gasteiger partial charge in [0.25, 0.3) is 0 Å². The first-order valence-electron chi connectivity index (χ1n) is 9.03. The van der Waals surface area contributed by atoms with Crippen molar-refractivity contribution >= 4 is 17.5 Å². The number of carbonyl (C=O) groups excluding carboxylic acids is 2. The number of imide groups is 1. The van der Waals surface area contributed by atoms with Crippen LogP contribution in [0, 0.1) is 11.3 Å². The van der Waals surface area contributed by atoms with Crippen molar-refractivity contribution < 1.29 is 14.7 Å². The number of benzene rings is 2. The Morgan fingerprint density at radius 3 is 2.56 bits per heavy atom. The van der Waals surface area contributed by atoms with E-state index in [-0.39, 0.29) is 23.5 Å². The van der Waals surface area contributed by atoms with E-state index in [4.69, 9.17) is 0 Å². The minimum Gasteiger partial charge on any atom is -0.508 e. The molecule has 1 fully saturated rings. The molecule has 2 aliphatic rings. The van der Waals surface area contributed by atoms with Gasteiger partial charge in [0.05, 0.1) is 17.0 Å². The maximum absolute atomic E-state index is 13.6. The molecule has 1 aliphatic carbocycles. The van der Waals surface area contributed by atoms with Crippen LogP contribution >= 0.6 is 0 Å². The SMILES string of the molecule is C=CC1=CC[C@H]2C(=O)N(c3ccccc3)C(=O)[C@@]2(C)[C@H]1c1cccc(O)c1. The number of phenolic OH excluding ortho intramolecular Hbond substituents is 1. The van der Waals surface area contributed by atoms with Crippen molar-refractivity contribution in [3.8, 4) is 5.75 Å². The van der Waals surface area contributed by atoms with E-state index in [1.54, 1.807) is 36.4 Å². The van der Waals surface area contributed by atoms with Crippen LogP contribution in [0.2, 0.25) is 0 Å². The van der Waals surface area contributed by atoms with Crippen LogP contribution in [-0.4, -0.2) is 16.9 Å². The summed E-state index contributed by atoms with van der Waals surface area (Å²) in [4.78, 5) is 28.1. The first-order valence-corrected chi connectivity index (χ1v) is 9.03. The monoisotopic (exact) mass is 359 g/mol. The average Bonchev–Trinajstić information content (AvgIpc) is 2.87. The van der Waals surface area contributed by atoms with E-state index in [0.717, 1.165) is 11.1 Å². The molecule has 2 amide bonds. The smallest absolute Gasteiger partial charge is 0.241 e. The Kier molecular flexibility index (Phi) is 3.99. The Bertz CT molecular complexity index is 963. The third kappa shape index (κ3) is 2.44. The molecule has 0 aromatic heterocycles. The molecule has 0 bridgehead atoms. The highest BCUT2D eigenvalue weighted by Crippen LogP contribution is 2.56. The fourth-order valence-electron chi connectivity index (χ4n) is 4.56. The van der Waals surface area contributed by atoms with E-state index in [1.165, 1.54) is 4.90 Å². The number of hydrogen-bond acceptors (Lipinski definition) is 3. The molecule has 1 saturated heterocycles. The number of carbonyl (C=O) groups is 2. The van der Waals surface area contributed by atoms with Gasteiger partial charge >= 0.3 is 0 Å². The predicted octanol–water partition coefficient (Wildman–Crippen LogP) is 4.19. The Hall–Kier alpha value is -3.14. The number of anilines is 1. The molecular formula is C23H21NO3. The Morgan fingerprint density at radius 2 is 1.89 bits per heavy atom. The first-order chi connectivity index (χ1) is 13.0. The largest absolute Gasteiger partial charge is 0.508 e. The molecule has 4 nitrogen and oxygen atoms in total. The second-order valence-corrected chi connectivity index (χ2v) is 7.32. The lowest BCUT2D eigenvalue weighted by Crippen LogP contribution is -2.41. The first kappa shape index (κ1) is 17.3. The van der Waals surface area contributed by atoms with Gasteiger partial charge in [-0.1, -0.05) is 49.1 Å². The van der Waals surface area contributed by atoms with Gasteiger partial charge in [0.2, 0.25) is 11.8 Å². The van der Waals surface area contributed by atoms with Crippen molar-refractivity contribution in [3.05, 3.63) is 84.5 Å². The molecular weight excluding hydrogens is 338 g/mol. The number of fused-ring (bicyclic) bond motifs is 1. The van der Waals surface area contributed by atoms with Gasteiger partial charge < -0.3 is 5.11 Å². The highest BCUT2D eigenvalue weighted by Gasteiger charge is 2.62. The van der Waals surface area contributed by atoms with E-state index in [9.17, 15) is 14.7 Å². The minimum atomic E-state index is -0.932. The lowest BCUT2D eigenvalue weighted by Gasteiger charge is -2.40. The molecule has 27 heavy (non-hydrogen) atoms. The standard InChI is InChI=1S/C23H21NO3/c1-3-15-12-13-19-21(26)24(17-9-5-4-6-10-17)22(27)23(19,2)20(15)16-8-7-11-18(25)14-16/h3-12,14,19-20,25H,1,13H2,2H3/t19-,20+,23+/m0/s1. The Balaban J connectivity index is 1.88. The maximum Gasteiger partial charge on any atom is 0.241 e. The second kappa shape index (κ2) is 6.23. The second-order valence-electron chi connectivity index (χ2n) is 7.32. The number of allylic oxidation sites excluding steroid dienone is 3. The summed E-state index contributed by atoms with van der Waals surface area (Å²) in [5.41, 5.74) is 1.39. The van der Waals surface area contributed by atoms with Gasteiger partial charge in [-0.3, -0.25) is 9.59 Å². The fraction of sp³-hybridized carbons (Fsp3) is 0.217. The summed E-state index contributed by atoms with van der Waals surface area (Å²) < 4.78 is 0. The highest BCUT2D eigenvalue weighted by molar-refractivity contribution is 6.24. The van der Waals surface area contributed by atoms with Gasteiger partial charge in [-0.15, -0.1) is 0 Å². The van der Waals surface area contributed by atoms with Crippen LogP contribution in [-0.2, 0) is 9.59 Å². The van der Waals surface area contributed by atoms with Crippen LogP contribution in [0.4, 0.5) is 5.69 Å². The van der Waals surface area contributed by atoms with Crippen LogP contribution < -0.4 is 4.90 Å². The Labute approximate surface area is 158 Å². The van der Waals surface area contributed by atoms with Crippen molar-refractivity contribution in [1.29, 1.82) is 0 Å². The third-order valence-corrected chi connectivity index (χ3v) is 5.88. The molecule has 1 N–H and O–H groups in total. The Morgan fingerprint density at radius 1 is 1.15 bits per heavy atom.